The van der Waals surface area contributed by atoms with E-state index in [9.17, 15) is 0 Å². The van der Waals surface area contributed by atoms with E-state index in [1.807, 2.05) is 18.2 Å². The molecule has 0 radical (unpaired) electrons. The molecule has 2 aromatic carbocycles. The summed E-state index contributed by atoms with van der Waals surface area (Å²) >= 11 is 0. The number of pyridine rings is 1. The first-order valence-corrected chi connectivity index (χ1v) is 9.37. The number of hydrogen-bond donors (Lipinski definition) is 1. The molecule has 3 aromatic rings. The molecular weight excluding hydrogens is 318 g/mol. The van der Waals surface area contributed by atoms with Crippen LogP contribution in [0.15, 0.2) is 72.8 Å². The topological polar surface area (TPSA) is 42.1 Å². The van der Waals surface area contributed by atoms with Gasteiger partial charge in [-0.15, -0.1) is 0 Å². The van der Waals surface area contributed by atoms with Crippen molar-refractivity contribution < 1.29 is 0 Å². The van der Waals surface area contributed by atoms with E-state index >= 15 is 0 Å². The van der Waals surface area contributed by atoms with Gasteiger partial charge < -0.3 is 5.73 Å². The van der Waals surface area contributed by atoms with E-state index < -0.39 is 0 Å². The minimum absolute atomic E-state index is 0.565. The smallest absolute Gasteiger partial charge is 0.124 e. The number of aromatic nitrogens is 1. The van der Waals surface area contributed by atoms with Gasteiger partial charge in [0.15, 0.2) is 0 Å². The van der Waals surface area contributed by atoms with Crippen LogP contribution >= 0.6 is 0 Å². The Morgan fingerprint density at radius 3 is 2.50 bits per heavy atom. The molecule has 1 saturated heterocycles. The molecular formula is C23H25N3. The third-order valence-corrected chi connectivity index (χ3v) is 5.20. The number of rotatable bonds is 4. The zero-order valence-corrected chi connectivity index (χ0v) is 15.0. The van der Waals surface area contributed by atoms with E-state index in [2.05, 4.69) is 64.5 Å². The number of anilines is 1. The van der Waals surface area contributed by atoms with Crippen LogP contribution in [0.2, 0.25) is 0 Å². The van der Waals surface area contributed by atoms with Crippen LogP contribution in [0.4, 0.5) is 5.82 Å². The normalized spacial score (nSPS) is 17.9. The fourth-order valence-electron chi connectivity index (χ4n) is 3.85. The van der Waals surface area contributed by atoms with Crippen molar-refractivity contribution in [3.05, 3.63) is 83.9 Å². The van der Waals surface area contributed by atoms with E-state index in [4.69, 9.17) is 5.73 Å². The van der Waals surface area contributed by atoms with E-state index in [0.29, 0.717) is 11.7 Å². The molecule has 2 heterocycles. The van der Waals surface area contributed by atoms with Crippen LogP contribution in [-0.4, -0.2) is 23.0 Å². The van der Waals surface area contributed by atoms with Crippen molar-refractivity contribution in [2.45, 2.75) is 25.3 Å². The predicted molar refractivity (Wildman–Crippen MR) is 108 cm³/mol. The average molecular weight is 343 g/mol. The number of benzene rings is 2. The summed E-state index contributed by atoms with van der Waals surface area (Å²) in [5.41, 5.74) is 10.7. The maximum atomic E-state index is 5.80. The molecule has 1 fully saturated rings. The zero-order valence-electron chi connectivity index (χ0n) is 15.0. The molecule has 0 aliphatic carbocycles. The monoisotopic (exact) mass is 343 g/mol. The van der Waals surface area contributed by atoms with Crippen molar-refractivity contribution in [2.75, 3.05) is 18.8 Å². The fraction of sp³-hybridized carbons (Fsp3) is 0.261. The van der Waals surface area contributed by atoms with Gasteiger partial charge in [-0.05, 0) is 48.6 Å². The zero-order chi connectivity index (χ0) is 17.8. The molecule has 26 heavy (non-hydrogen) atoms. The highest BCUT2D eigenvalue weighted by Crippen LogP contribution is 2.29. The summed E-state index contributed by atoms with van der Waals surface area (Å²) in [6.45, 7) is 3.37. The van der Waals surface area contributed by atoms with Crippen molar-refractivity contribution >= 4 is 5.82 Å². The summed E-state index contributed by atoms with van der Waals surface area (Å²) in [6, 6.07) is 25.4. The molecule has 1 unspecified atom stereocenters. The molecule has 1 atom stereocenters. The molecule has 0 bridgehead atoms. The standard InChI is InChI=1S/C23H25N3/c24-23-10-4-9-22(25-23)20-13-11-19(12-14-20)21-8-5-15-26(17-21)16-18-6-2-1-3-7-18/h1-4,6-7,9-14,21H,5,8,15-17H2,(H2,24,25). The van der Waals surface area contributed by atoms with Gasteiger partial charge in [-0.1, -0.05) is 60.7 Å². The predicted octanol–water partition coefficient (Wildman–Crippen LogP) is 4.71. The lowest BCUT2D eigenvalue weighted by Gasteiger charge is -2.33. The Labute approximate surface area is 155 Å². The number of hydrogen-bond acceptors (Lipinski definition) is 3. The number of nitrogen functional groups attached to an aromatic ring is 1. The van der Waals surface area contributed by atoms with E-state index in [0.717, 1.165) is 24.3 Å². The van der Waals surface area contributed by atoms with Crippen LogP contribution in [-0.2, 0) is 6.54 Å². The second-order valence-corrected chi connectivity index (χ2v) is 7.13. The van der Waals surface area contributed by atoms with Crippen LogP contribution in [0.3, 0.4) is 0 Å². The van der Waals surface area contributed by atoms with Gasteiger partial charge in [-0.3, -0.25) is 4.90 Å². The molecule has 1 aliphatic heterocycles. The Bertz CT molecular complexity index is 843. The van der Waals surface area contributed by atoms with Crippen molar-refractivity contribution in [3.63, 3.8) is 0 Å². The van der Waals surface area contributed by atoms with Gasteiger partial charge in [0.25, 0.3) is 0 Å². The highest BCUT2D eigenvalue weighted by atomic mass is 15.1. The number of likely N-dealkylation sites (tertiary alicyclic amines) is 1. The summed E-state index contributed by atoms with van der Waals surface area (Å²) in [6.07, 6.45) is 2.52. The van der Waals surface area contributed by atoms with Gasteiger partial charge in [0, 0.05) is 18.7 Å². The SMILES string of the molecule is Nc1cccc(-c2ccc(C3CCCN(Cc4ccccc4)C3)cc2)n1. The molecule has 132 valence electrons. The second-order valence-electron chi connectivity index (χ2n) is 7.13. The van der Waals surface area contributed by atoms with Gasteiger partial charge in [0.1, 0.15) is 5.82 Å². The minimum Gasteiger partial charge on any atom is -0.384 e. The second kappa shape index (κ2) is 7.71. The summed E-state index contributed by atoms with van der Waals surface area (Å²) in [7, 11) is 0. The van der Waals surface area contributed by atoms with E-state index in [1.54, 1.807) is 0 Å². The molecule has 1 aliphatic rings. The molecule has 3 heteroatoms. The van der Waals surface area contributed by atoms with Crippen LogP contribution in [0.1, 0.15) is 29.9 Å². The van der Waals surface area contributed by atoms with Crippen LogP contribution in [0.5, 0.6) is 0 Å². The first-order valence-electron chi connectivity index (χ1n) is 9.37. The van der Waals surface area contributed by atoms with Gasteiger partial charge in [-0.2, -0.15) is 0 Å². The van der Waals surface area contributed by atoms with Gasteiger partial charge in [-0.25, -0.2) is 4.98 Å². The lowest BCUT2D eigenvalue weighted by molar-refractivity contribution is 0.200. The Morgan fingerprint density at radius 2 is 1.73 bits per heavy atom. The minimum atomic E-state index is 0.565. The molecule has 4 rings (SSSR count). The Hall–Kier alpha value is -2.65. The van der Waals surface area contributed by atoms with Crippen molar-refractivity contribution in [1.29, 1.82) is 0 Å². The molecule has 0 amide bonds. The average Bonchev–Trinajstić information content (AvgIpc) is 2.69. The van der Waals surface area contributed by atoms with Crippen LogP contribution in [0, 0.1) is 0 Å². The number of nitrogens with zero attached hydrogens (tertiary/aromatic N) is 2. The lowest BCUT2D eigenvalue weighted by atomic mass is 9.89. The fourth-order valence-corrected chi connectivity index (χ4v) is 3.85. The van der Waals surface area contributed by atoms with Crippen LogP contribution in [0.25, 0.3) is 11.3 Å². The lowest BCUT2D eigenvalue weighted by Crippen LogP contribution is -2.33. The Balaban J connectivity index is 1.45. The summed E-state index contributed by atoms with van der Waals surface area (Å²) in [4.78, 5) is 6.99. The van der Waals surface area contributed by atoms with E-state index in [1.165, 1.54) is 30.5 Å². The molecule has 0 saturated carbocycles. The maximum Gasteiger partial charge on any atom is 0.124 e. The van der Waals surface area contributed by atoms with Gasteiger partial charge >= 0.3 is 0 Å². The van der Waals surface area contributed by atoms with Gasteiger partial charge in [0.05, 0.1) is 5.69 Å². The molecule has 2 N–H and O–H groups in total. The third-order valence-electron chi connectivity index (χ3n) is 5.20. The van der Waals surface area contributed by atoms with E-state index in [-0.39, 0.29) is 0 Å². The highest BCUT2D eigenvalue weighted by molar-refractivity contribution is 5.61. The Kier molecular flexibility index (Phi) is 4.98. The van der Waals surface area contributed by atoms with Crippen molar-refractivity contribution in [1.82, 2.24) is 9.88 Å². The largest absolute Gasteiger partial charge is 0.384 e. The summed E-state index contributed by atoms with van der Waals surface area (Å²) in [5, 5.41) is 0. The quantitative estimate of drug-likeness (QED) is 0.746. The molecule has 0 spiro atoms. The summed E-state index contributed by atoms with van der Waals surface area (Å²) in [5.74, 6) is 1.17. The summed E-state index contributed by atoms with van der Waals surface area (Å²) < 4.78 is 0. The van der Waals surface area contributed by atoms with Crippen LogP contribution < -0.4 is 5.73 Å². The molecule has 3 nitrogen and oxygen atoms in total. The highest BCUT2D eigenvalue weighted by Gasteiger charge is 2.21. The maximum absolute atomic E-state index is 5.80. The van der Waals surface area contributed by atoms with Crippen molar-refractivity contribution in [3.8, 4) is 11.3 Å². The number of nitrogens with two attached hydrogens (primary N) is 1. The molecule has 1 aromatic heterocycles. The first-order chi connectivity index (χ1) is 12.8. The first kappa shape index (κ1) is 16.8. The Morgan fingerprint density at radius 1 is 0.923 bits per heavy atom. The van der Waals surface area contributed by atoms with Crippen molar-refractivity contribution in [2.24, 2.45) is 0 Å². The van der Waals surface area contributed by atoms with Gasteiger partial charge in [0.2, 0.25) is 0 Å². The number of piperidine rings is 1. The third kappa shape index (κ3) is 3.94.